The molecule has 0 spiro atoms. The molecule has 1 unspecified atom stereocenters. The Hall–Kier alpha value is -2.20. The van der Waals surface area contributed by atoms with Gasteiger partial charge in [-0.15, -0.1) is 12.6 Å². The van der Waals surface area contributed by atoms with Crippen molar-refractivity contribution in [1.29, 1.82) is 0 Å². The van der Waals surface area contributed by atoms with Gasteiger partial charge in [0, 0.05) is 16.0 Å². The van der Waals surface area contributed by atoms with Crippen LogP contribution < -0.4 is 0 Å². The first-order valence-corrected chi connectivity index (χ1v) is 9.41. The van der Waals surface area contributed by atoms with E-state index < -0.39 is 17.5 Å². The first kappa shape index (κ1) is 19.6. The molecule has 0 saturated carbocycles. The van der Waals surface area contributed by atoms with Crippen LogP contribution in [0.15, 0.2) is 59.5 Å². The Morgan fingerprint density at radius 1 is 0.778 bits per heavy atom. The zero-order valence-corrected chi connectivity index (χ0v) is 16.2. The number of hydrogen-bond acceptors (Lipinski definition) is 1. The van der Waals surface area contributed by atoms with Crippen molar-refractivity contribution in [1.82, 2.24) is 0 Å². The molecule has 3 aromatic carbocycles. The molecule has 0 fully saturated rings. The van der Waals surface area contributed by atoms with Crippen molar-refractivity contribution in [2.24, 2.45) is 5.92 Å². The van der Waals surface area contributed by atoms with E-state index in [1.807, 2.05) is 38.1 Å². The normalized spacial score (nSPS) is 12.2. The van der Waals surface area contributed by atoms with E-state index in [0.29, 0.717) is 12.0 Å². The minimum Gasteiger partial charge on any atom is -0.207 e. The van der Waals surface area contributed by atoms with Gasteiger partial charge in [-0.2, -0.15) is 0 Å². The van der Waals surface area contributed by atoms with Gasteiger partial charge in [-0.05, 0) is 59.4 Å². The SMILES string of the molecule is CCC(C)Cc1c(F)cc(-c2ccc(-c3ccc(S)cc3)cc2F)cc1F. The Morgan fingerprint density at radius 2 is 1.33 bits per heavy atom. The van der Waals surface area contributed by atoms with Gasteiger partial charge < -0.3 is 0 Å². The number of hydrogen-bond donors (Lipinski definition) is 1. The maximum atomic E-state index is 14.7. The standard InChI is InChI=1S/C23H21F3S/c1-3-14(2)10-20-22(25)12-17(13-23(20)26)19-9-6-16(11-21(19)24)15-4-7-18(27)8-5-15/h4-9,11-14,27H,3,10H2,1-2H3. The fourth-order valence-corrected chi connectivity index (χ4v) is 3.18. The van der Waals surface area contributed by atoms with Gasteiger partial charge >= 0.3 is 0 Å². The van der Waals surface area contributed by atoms with E-state index in [1.165, 1.54) is 18.2 Å². The molecular weight excluding hydrogens is 365 g/mol. The summed E-state index contributed by atoms with van der Waals surface area (Å²) in [6, 6.07) is 14.5. The van der Waals surface area contributed by atoms with Crippen molar-refractivity contribution in [2.75, 3.05) is 0 Å². The third-order valence-corrected chi connectivity index (χ3v) is 5.17. The summed E-state index contributed by atoms with van der Waals surface area (Å²) in [4.78, 5) is 0.819. The average Bonchev–Trinajstić information content (AvgIpc) is 2.64. The van der Waals surface area contributed by atoms with Crippen LogP contribution >= 0.6 is 12.6 Å². The molecule has 0 nitrogen and oxygen atoms in total. The van der Waals surface area contributed by atoms with E-state index >= 15 is 0 Å². The second-order valence-electron chi connectivity index (χ2n) is 6.88. The van der Waals surface area contributed by atoms with E-state index in [0.717, 1.165) is 16.9 Å². The molecule has 0 radical (unpaired) electrons. The van der Waals surface area contributed by atoms with Crippen molar-refractivity contribution < 1.29 is 13.2 Å². The number of halogens is 3. The predicted octanol–water partition coefficient (Wildman–Crippen LogP) is 7.32. The van der Waals surface area contributed by atoms with Crippen molar-refractivity contribution in [2.45, 2.75) is 31.6 Å². The quantitative estimate of drug-likeness (QED) is 0.437. The molecule has 0 N–H and O–H groups in total. The van der Waals surface area contributed by atoms with E-state index in [4.69, 9.17) is 0 Å². The molecule has 0 saturated heterocycles. The van der Waals surface area contributed by atoms with Crippen LogP contribution in [0.2, 0.25) is 0 Å². The lowest BCUT2D eigenvalue weighted by molar-refractivity contribution is 0.498. The minimum atomic E-state index is -0.627. The smallest absolute Gasteiger partial charge is 0.131 e. The lowest BCUT2D eigenvalue weighted by atomic mass is 9.94. The van der Waals surface area contributed by atoms with Gasteiger partial charge in [0.05, 0.1) is 0 Å². The fourth-order valence-electron chi connectivity index (χ4n) is 3.03. The molecule has 140 valence electrons. The second-order valence-corrected chi connectivity index (χ2v) is 7.39. The summed E-state index contributed by atoms with van der Waals surface area (Å²) < 4.78 is 43.5. The molecule has 3 aromatic rings. The Bertz CT molecular complexity index is 925. The lowest BCUT2D eigenvalue weighted by Gasteiger charge is -2.13. The molecule has 0 aliphatic rings. The average molecular weight is 386 g/mol. The molecule has 0 bridgehead atoms. The molecule has 3 rings (SSSR count). The first-order chi connectivity index (χ1) is 12.9. The van der Waals surface area contributed by atoms with Crippen molar-refractivity contribution in [3.8, 4) is 22.3 Å². The zero-order chi connectivity index (χ0) is 19.6. The summed E-state index contributed by atoms with van der Waals surface area (Å²) in [5.74, 6) is -1.59. The van der Waals surface area contributed by atoms with E-state index in [9.17, 15) is 13.2 Å². The van der Waals surface area contributed by atoms with Crippen LogP contribution in [-0.4, -0.2) is 0 Å². The summed E-state index contributed by atoms with van der Waals surface area (Å²) in [5, 5.41) is 0. The molecule has 0 aliphatic carbocycles. The van der Waals surface area contributed by atoms with Crippen LogP contribution in [0.4, 0.5) is 13.2 Å². The van der Waals surface area contributed by atoms with E-state index in [1.54, 1.807) is 12.1 Å². The van der Waals surface area contributed by atoms with Crippen LogP contribution in [0, 0.1) is 23.4 Å². The second kappa shape index (κ2) is 8.22. The zero-order valence-electron chi connectivity index (χ0n) is 15.3. The molecule has 4 heteroatoms. The van der Waals surface area contributed by atoms with Crippen LogP contribution in [0.3, 0.4) is 0 Å². The summed E-state index contributed by atoms with van der Waals surface area (Å²) in [7, 11) is 0. The molecule has 0 aliphatic heterocycles. The number of benzene rings is 3. The summed E-state index contributed by atoms with van der Waals surface area (Å²) >= 11 is 4.24. The fraction of sp³-hybridized carbons (Fsp3) is 0.217. The van der Waals surface area contributed by atoms with Crippen LogP contribution in [0.1, 0.15) is 25.8 Å². The highest BCUT2D eigenvalue weighted by atomic mass is 32.1. The van der Waals surface area contributed by atoms with E-state index in [2.05, 4.69) is 12.6 Å². The van der Waals surface area contributed by atoms with Crippen molar-refractivity contribution in [3.05, 3.63) is 77.6 Å². The topological polar surface area (TPSA) is 0 Å². The first-order valence-electron chi connectivity index (χ1n) is 8.96. The van der Waals surface area contributed by atoms with Gasteiger partial charge in [0.25, 0.3) is 0 Å². The highest BCUT2D eigenvalue weighted by Gasteiger charge is 2.16. The van der Waals surface area contributed by atoms with Gasteiger partial charge in [-0.25, -0.2) is 13.2 Å². The molecule has 1 atom stereocenters. The van der Waals surface area contributed by atoms with Gasteiger partial charge in [-0.1, -0.05) is 44.5 Å². The third kappa shape index (κ3) is 4.38. The number of rotatable bonds is 5. The Kier molecular flexibility index (Phi) is 5.95. The highest BCUT2D eigenvalue weighted by molar-refractivity contribution is 7.80. The Balaban J connectivity index is 1.96. The van der Waals surface area contributed by atoms with Crippen LogP contribution in [0.25, 0.3) is 22.3 Å². The Morgan fingerprint density at radius 3 is 1.89 bits per heavy atom. The predicted molar refractivity (Wildman–Crippen MR) is 108 cm³/mol. The summed E-state index contributed by atoms with van der Waals surface area (Å²) in [5.41, 5.74) is 1.99. The number of thiol groups is 1. The third-order valence-electron chi connectivity index (χ3n) is 4.87. The van der Waals surface area contributed by atoms with Gasteiger partial charge in [0.15, 0.2) is 0 Å². The molecule has 0 amide bonds. The molecule has 27 heavy (non-hydrogen) atoms. The summed E-state index contributed by atoms with van der Waals surface area (Å²) in [6.07, 6.45) is 1.17. The monoisotopic (exact) mass is 386 g/mol. The largest absolute Gasteiger partial charge is 0.207 e. The minimum absolute atomic E-state index is 0.0666. The highest BCUT2D eigenvalue weighted by Crippen LogP contribution is 2.31. The van der Waals surface area contributed by atoms with Gasteiger partial charge in [0.2, 0.25) is 0 Å². The molecule has 0 aromatic heterocycles. The summed E-state index contributed by atoms with van der Waals surface area (Å²) in [6.45, 7) is 3.93. The van der Waals surface area contributed by atoms with Crippen LogP contribution in [-0.2, 0) is 6.42 Å². The van der Waals surface area contributed by atoms with Gasteiger partial charge in [0.1, 0.15) is 17.5 Å². The maximum absolute atomic E-state index is 14.7. The molecular formula is C23H21F3S. The maximum Gasteiger partial charge on any atom is 0.131 e. The van der Waals surface area contributed by atoms with Gasteiger partial charge in [-0.3, -0.25) is 0 Å². The van der Waals surface area contributed by atoms with Crippen molar-refractivity contribution >= 4 is 12.6 Å². The van der Waals surface area contributed by atoms with Crippen LogP contribution in [0.5, 0.6) is 0 Å². The van der Waals surface area contributed by atoms with Crippen molar-refractivity contribution in [3.63, 3.8) is 0 Å². The molecule has 0 heterocycles. The van der Waals surface area contributed by atoms with E-state index in [-0.39, 0.29) is 22.6 Å². The lowest BCUT2D eigenvalue weighted by Crippen LogP contribution is -2.04. The Labute approximate surface area is 163 Å².